The summed E-state index contributed by atoms with van der Waals surface area (Å²) in [5.74, 6) is 0.753. The highest BCUT2D eigenvalue weighted by molar-refractivity contribution is 7.26. The summed E-state index contributed by atoms with van der Waals surface area (Å²) in [6.07, 6.45) is 2.65. The van der Waals surface area contributed by atoms with Crippen molar-refractivity contribution in [2.45, 2.75) is 32.6 Å². The minimum Gasteiger partial charge on any atom is -0.246 e. The topological polar surface area (TPSA) is 12.9 Å². The van der Waals surface area contributed by atoms with Crippen molar-refractivity contribution in [3.05, 3.63) is 77.4 Å². The van der Waals surface area contributed by atoms with Crippen LogP contribution >= 0.6 is 11.3 Å². The van der Waals surface area contributed by atoms with Crippen molar-refractivity contribution in [2.75, 3.05) is 0 Å². The first-order chi connectivity index (χ1) is 13.7. The molecule has 0 N–H and O–H groups in total. The molecule has 1 aliphatic carbocycles. The Kier molecular flexibility index (Phi) is 3.42. The Morgan fingerprint density at radius 2 is 1.64 bits per heavy atom. The number of hydrogen-bond acceptors (Lipinski definition) is 2. The number of benzene rings is 3. The van der Waals surface area contributed by atoms with Crippen LogP contribution in [0, 0.1) is 13.8 Å². The first kappa shape index (κ1) is 16.3. The van der Waals surface area contributed by atoms with Crippen LogP contribution in [0.2, 0.25) is 0 Å². The van der Waals surface area contributed by atoms with Gasteiger partial charge in [0.15, 0.2) is 0 Å². The van der Waals surface area contributed by atoms with Gasteiger partial charge >= 0.3 is 0 Å². The van der Waals surface area contributed by atoms with Gasteiger partial charge in [-0.25, -0.2) is 4.98 Å². The first-order valence-electron chi connectivity index (χ1n) is 10.0. The lowest BCUT2D eigenvalue weighted by atomic mass is 9.99. The second kappa shape index (κ2) is 5.89. The van der Waals surface area contributed by atoms with E-state index in [9.17, 15) is 0 Å². The van der Waals surface area contributed by atoms with Gasteiger partial charge < -0.3 is 0 Å². The number of aromatic nitrogens is 1. The zero-order chi connectivity index (χ0) is 18.8. The molecule has 2 heteroatoms. The van der Waals surface area contributed by atoms with Crippen molar-refractivity contribution >= 4 is 42.4 Å². The zero-order valence-corrected chi connectivity index (χ0v) is 16.9. The third kappa shape index (κ3) is 2.48. The Bertz CT molecular complexity index is 1370. The largest absolute Gasteiger partial charge is 0.246 e. The van der Waals surface area contributed by atoms with E-state index in [2.05, 4.69) is 74.5 Å². The molecule has 136 valence electrons. The Labute approximate surface area is 168 Å². The highest BCUT2D eigenvalue weighted by Crippen LogP contribution is 2.45. The Hall–Kier alpha value is -2.71. The second-order valence-electron chi connectivity index (χ2n) is 8.19. The Morgan fingerprint density at radius 3 is 2.43 bits per heavy atom. The summed E-state index contributed by atoms with van der Waals surface area (Å²) < 4.78 is 2.65. The van der Waals surface area contributed by atoms with E-state index >= 15 is 0 Å². The van der Waals surface area contributed by atoms with Gasteiger partial charge in [-0.05, 0) is 68.5 Å². The molecule has 2 aromatic heterocycles. The molecule has 1 saturated carbocycles. The third-order valence-corrected chi connectivity index (χ3v) is 7.05. The molecule has 2 heterocycles. The lowest BCUT2D eigenvalue weighted by Gasteiger charge is -2.10. The van der Waals surface area contributed by atoms with Crippen molar-refractivity contribution in [2.24, 2.45) is 0 Å². The summed E-state index contributed by atoms with van der Waals surface area (Å²) in [5.41, 5.74) is 7.50. The van der Waals surface area contributed by atoms with Gasteiger partial charge in [0.1, 0.15) is 0 Å². The van der Waals surface area contributed by atoms with E-state index in [1.807, 2.05) is 11.3 Å². The number of nitrogens with zero attached hydrogens (tertiary/aromatic N) is 1. The van der Waals surface area contributed by atoms with Crippen LogP contribution in [0.3, 0.4) is 0 Å². The maximum Gasteiger partial charge on any atom is 0.0888 e. The summed E-state index contributed by atoms with van der Waals surface area (Å²) in [6, 6.07) is 22.5. The third-order valence-electron chi connectivity index (χ3n) is 5.88. The van der Waals surface area contributed by atoms with Gasteiger partial charge in [0.05, 0.1) is 15.9 Å². The summed E-state index contributed by atoms with van der Waals surface area (Å²) in [5, 5.41) is 4.04. The van der Waals surface area contributed by atoms with Crippen LogP contribution in [-0.4, -0.2) is 4.98 Å². The summed E-state index contributed by atoms with van der Waals surface area (Å²) in [4.78, 5) is 5.18. The van der Waals surface area contributed by atoms with Crippen molar-refractivity contribution in [3.63, 3.8) is 0 Å². The van der Waals surface area contributed by atoms with Crippen molar-refractivity contribution in [3.8, 4) is 11.3 Å². The average molecular weight is 380 g/mol. The van der Waals surface area contributed by atoms with Crippen LogP contribution in [-0.2, 0) is 0 Å². The Morgan fingerprint density at radius 1 is 0.857 bits per heavy atom. The van der Waals surface area contributed by atoms with Gasteiger partial charge in [0.25, 0.3) is 0 Å². The van der Waals surface area contributed by atoms with Gasteiger partial charge in [-0.3, -0.25) is 0 Å². The number of fused-ring (bicyclic) bond motifs is 5. The highest BCUT2D eigenvalue weighted by atomic mass is 32.1. The van der Waals surface area contributed by atoms with Crippen LogP contribution in [0.5, 0.6) is 0 Å². The molecule has 0 bridgehead atoms. The van der Waals surface area contributed by atoms with Gasteiger partial charge in [-0.2, -0.15) is 0 Å². The highest BCUT2D eigenvalue weighted by Gasteiger charge is 2.24. The molecular formula is C26H21NS. The molecule has 1 nitrogen and oxygen atoms in total. The van der Waals surface area contributed by atoms with Gasteiger partial charge in [0, 0.05) is 26.4 Å². The van der Waals surface area contributed by atoms with Gasteiger partial charge in [-0.15, -0.1) is 11.3 Å². The summed E-state index contributed by atoms with van der Waals surface area (Å²) >= 11 is 1.88. The van der Waals surface area contributed by atoms with E-state index in [0.29, 0.717) is 0 Å². The van der Waals surface area contributed by atoms with Crippen molar-refractivity contribution in [1.82, 2.24) is 4.98 Å². The molecule has 0 unspecified atom stereocenters. The molecule has 0 amide bonds. The molecule has 5 aromatic rings. The lowest BCUT2D eigenvalue weighted by Crippen LogP contribution is -1.90. The molecule has 0 saturated heterocycles. The molecule has 1 fully saturated rings. The van der Waals surface area contributed by atoms with E-state index in [1.54, 1.807) is 0 Å². The fourth-order valence-corrected chi connectivity index (χ4v) is 5.71. The molecule has 0 atom stereocenters. The van der Waals surface area contributed by atoms with E-state index in [-0.39, 0.29) is 0 Å². The van der Waals surface area contributed by atoms with E-state index in [1.165, 1.54) is 60.7 Å². The molecule has 1 aliphatic rings. The van der Waals surface area contributed by atoms with Gasteiger partial charge in [-0.1, -0.05) is 41.5 Å². The Balaban J connectivity index is 1.78. The number of thiophene rings is 1. The minimum atomic E-state index is 0.753. The first-order valence-corrected chi connectivity index (χ1v) is 10.8. The SMILES string of the molecule is Cc1cc(C)cc(-c2nc3ccc(C4CC4)cc3c3c2sc2ccccc23)c1. The smallest absolute Gasteiger partial charge is 0.0888 e. The molecular weight excluding hydrogens is 358 g/mol. The van der Waals surface area contributed by atoms with Crippen molar-refractivity contribution < 1.29 is 0 Å². The van der Waals surface area contributed by atoms with Gasteiger partial charge in [0.2, 0.25) is 0 Å². The number of rotatable bonds is 2. The zero-order valence-electron chi connectivity index (χ0n) is 16.1. The average Bonchev–Trinajstić information content (AvgIpc) is 3.46. The monoisotopic (exact) mass is 379 g/mol. The fourth-order valence-electron chi connectivity index (χ4n) is 4.48. The fraction of sp³-hybridized carbons (Fsp3) is 0.192. The second-order valence-corrected chi connectivity index (χ2v) is 9.24. The van der Waals surface area contributed by atoms with E-state index in [0.717, 1.165) is 17.1 Å². The lowest BCUT2D eigenvalue weighted by molar-refractivity contribution is 1.14. The maximum atomic E-state index is 5.18. The number of aryl methyl sites for hydroxylation is 2. The summed E-state index contributed by atoms with van der Waals surface area (Å²) in [6.45, 7) is 4.34. The van der Waals surface area contributed by atoms with Crippen molar-refractivity contribution in [1.29, 1.82) is 0 Å². The van der Waals surface area contributed by atoms with E-state index in [4.69, 9.17) is 4.98 Å². The maximum absolute atomic E-state index is 5.18. The molecule has 28 heavy (non-hydrogen) atoms. The standard InChI is InChI=1S/C26H21NS/c1-15-11-16(2)13-19(12-15)25-26-24(20-5-3-4-6-23(20)28-26)21-14-18(17-7-8-17)9-10-22(21)27-25/h3-6,9-14,17H,7-8H2,1-2H3. The van der Waals surface area contributed by atoms with Crippen LogP contribution in [0.1, 0.15) is 35.4 Å². The predicted octanol–water partition coefficient (Wildman–Crippen LogP) is 7.76. The minimum absolute atomic E-state index is 0.753. The molecule has 3 aromatic carbocycles. The number of hydrogen-bond donors (Lipinski definition) is 0. The number of pyridine rings is 1. The molecule has 6 rings (SSSR count). The van der Waals surface area contributed by atoms with Crippen LogP contribution in [0.15, 0.2) is 60.7 Å². The normalized spacial score (nSPS) is 14.4. The molecule has 0 aliphatic heterocycles. The quantitative estimate of drug-likeness (QED) is 0.305. The van der Waals surface area contributed by atoms with E-state index < -0.39 is 0 Å². The molecule has 0 spiro atoms. The molecule has 0 radical (unpaired) electrons. The van der Waals surface area contributed by atoms with Crippen LogP contribution in [0.25, 0.3) is 42.3 Å². The summed E-state index contributed by atoms with van der Waals surface area (Å²) in [7, 11) is 0. The van der Waals surface area contributed by atoms with Crippen LogP contribution < -0.4 is 0 Å². The van der Waals surface area contributed by atoms with Crippen LogP contribution in [0.4, 0.5) is 0 Å². The predicted molar refractivity (Wildman–Crippen MR) is 122 cm³/mol.